The Bertz CT molecular complexity index is 482. The molecule has 0 aromatic heterocycles. The molecule has 1 aromatic carbocycles. The van der Waals surface area contributed by atoms with Crippen molar-refractivity contribution in [2.24, 2.45) is 23.2 Å². The number of hydrogen-bond acceptors (Lipinski definition) is 1. The Morgan fingerprint density at radius 2 is 1.95 bits per heavy atom. The summed E-state index contributed by atoms with van der Waals surface area (Å²) < 4.78 is 5.83. The third-order valence-corrected chi connectivity index (χ3v) is 9.31. The van der Waals surface area contributed by atoms with E-state index in [9.17, 15) is 0 Å². The second-order valence-electron chi connectivity index (χ2n) is 7.80. The Morgan fingerprint density at radius 3 is 2.55 bits per heavy atom. The van der Waals surface area contributed by atoms with E-state index in [4.69, 9.17) is 4.74 Å². The summed E-state index contributed by atoms with van der Waals surface area (Å²) in [5, 5.41) is 1.45. The average molecular weight is 365 g/mol. The summed E-state index contributed by atoms with van der Waals surface area (Å²) in [6.07, 6.45) is 4.74. The van der Waals surface area contributed by atoms with Gasteiger partial charge in [-0.1, -0.05) is 0 Å². The van der Waals surface area contributed by atoms with Crippen LogP contribution in [0, 0.1) is 23.2 Å². The molecule has 22 heavy (non-hydrogen) atoms. The number of methoxy groups -OCH3 is 1. The van der Waals surface area contributed by atoms with Gasteiger partial charge < -0.3 is 0 Å². The van der Waals surface area contributed by atoms with Crippen molar-refractivity contribution in [1.29, 1.82) is 0 Å². The van der Waals surface area contributed by atoms with Crippen molar-refractivity contribution < 1.29 is 4.74 Å². The molecule has 3 fully saturated rings. The predicted octanol–water partition coefficient (Wildman–Crippen LogP) is 5.38. The van der Waals surface area contributed by atoms with E-state index in [1.165, 1.54) is 30.1 Å². The molecule has 3 aliphatic carbocycles. The molecule has 0 aliphatic heterocycles. The second-order valence-corrected chi connectivity index (χ2v) is 10.8. The molecule has 1 nitrogen and oxygen atoms in total. The molecular weight excluding hydrogens is 335 g/mol. The average Bonchev–Trinajstić information content (AvgIpc) is 2.54. The van der Waals surface area contributed by atoms with Gasteiger partial charge in [0.2, 0.25) is 0 Å². The first-order valence-corrected chi connectivity index (χ1v) is 10.9. The standard InChI is InChI=1S/C20H30OSe/c1-14(19(21-4)15-8-6-5-7-9-15)22-13-16-10-11-17-12-18(16)20(17,2)3/h5-9,14,16-19H,10-13H2,1-4H3/t14?,16-,17-,18-,19?/m0/s1. The van der Waals surface area contributed by atoms with Crippen molar-refractivity contribution in [3.63, 3.8) is 0 Å². The molecule has 1 aromatic rings. The summed E-state index contributed by atoms with van der Waals surface area (Å²) in [5.74, 6) is 3.00. The van der Waals surface area contributed by atoms with E-state index in [0.29, 0.717) is 25.2 Å². The molecule has 4 rings (SSSR count). The monoisotopic (exact) mass is 366 g/mol. The fourth-order valence-corrected chi connectivity index (χ4v) is 7.69. The van der Waals surface area contributed by atoms with Gasteiger partial charge in [-0.3, -0.25) is 0 Å². The minimum atomic E-state index is 0.270. The number of hydrogen-bond donors (Lipinski definition) is 0. The summed E-state index contributed by atoms with van der Waals surface area (Å²) in [6.45, 7) is 7.41. The van der Waals surface area contributed by atoms with Crippen LogP contribution >= 0.6 is 0 Å². The van der Waals surface area contributed by atoms with Crippen LogP contribution in [-0.2, 0) is 4.74 Å². The van der Waals surface area contributed by atoms with Crippen LogP contribution < -0.4 is 0 Å². The van der Waals surface area contributed by atoms with Gasteiger partial charge in [0.05, 0.1) is 0 Å². The SMILES string of the molecule is COC(c1ccccc1)C(C)[Se]C[C@@H]1CC[C@H]2C[C@@H]1C2(C)C. The molecule has 0 amide bonds. The first kappa shape index (κ1) is 16.6. The molecule has 0 spiro atoms. The third-order valence-electron chi connectivity index (χ3n) is 6.38. The first-order valence-electron chi connectivity index (χ1n) is 8.73. The molecule has 2 heteroatoms. The van der Waals surface area contributed by atoms with Crippen LogP contribution in [0.4, 0.5) is 0 Å². The van der Waals surface area contributed by atoms with E-state index in [-0.39, 0.29) is 6.10 Å². The van der Waals surface area contributed by atoms with Gasteiger partial charge in [0.1, 0.15) is 0 Å². The molecular formula is C20H30OSe. The zero-order valence-corrected chi connectivity index (χ0v) is 16.1. The molecule has 0 radical (unpaired) electrons. The number of rotatable bonds is 6. The molecule has 0 saturated heterocycles. The summed E-state index contributed by atoms with van der Waals surface area (Å²) >= 11 is 0.666. The summed E-state index contributed by atoms with van der Waals surface area (Å²) in [7, 11) is 1.87. The van der Waals surface area contributed by atoms with E-state index in [1.54, 1.807) is 0 Å². The van der Waals surface area contributed by atoms with E-state index < -0.39 is 0 Å². The normalized spacial score (nSPS) is 32.1. The zero-order chi connectivity index (χ0) is 15.7. The molecule has 0 N–H and O–H groups in total. The molecule has 0 heterocycles. The van der Waals surface area contributed by atoms with E-state index in [0.717, 1.165) is 17.8 Å². The van der Waals surface area contributed by atoms with Gasteiger partial charge in [-0.05, 0) is 0 Å². The zero-order valence-electron chi connectivity index (χ0n) is 14.4. The van der Waals surface area contributed by atoms with Crippen LogP contribution in [0.15, 0.2) is 30.3 Å². The van der Waals surface area contributed by atoms with Gasteiger partial charge in [0, 0.05) is 0 Å². The van der Waals surface area contributed by atoms with Gasteiger partial charge in [-0.2, -0.15) is 0 Å². The summed E-state index contributed by atoms with van der Waals surface area (Å²) in [4.78, 5) is 0.654. The maximum absolute atomic E-state index is 5.83. The Hall–Kier alpha value is -0.301. The van der Waals surface area contributed by atoms with Crippen LogP contribution in [0.3, 0.4) is 0 Å². The number of benzene rings is 1. The van der Waals surface area contributed by atoms with Crippen LogP contribution in [-0.4, -0.2) is 22.1 Å². The Labute approximate surface area is 142 Å². The van der Waals surface area contributed by atoms with E-state index in [1.807, 2.05) is 7.11 Å². The number of ether oxygens (including phenoxy) is 1. The molecule has 3 saturated carbocycles. The Morgan fingerprint density at radius 1 is 1.23 bits per heavy atom. The second kappa shape index (κ2) is 6.67. The topological polar surface area (TPSA) is 9.23 Å². The van der Waals surface area contributed by atoms with Gasteiger partial charge in [-0.25, -0.2) is 0 Å². The summed E-state index contributed by atoms with van der Waals surface area (Å²) in [6, 6.07) is 10.8. The van der Waals surface area contributed by atoms with Crippen molar-refractivity contribution in [3.05, 3.63) is 35.9 Å². The first-order chi connectivity index (χ1) is 10.5. The van der Waals surface area contributed by atoms with E-state index >= 15 is 0 Å². The predicted molar refractivity (Wildman–Crippen MR) is 94.3 cm³/mol. The maximum atomic E-state index is 5.83. The van der Waals surface area contributed by atoms with Crippen molar-refractivity contribution in [2.45, 2.75) is 56.3 Å². The fourth-order valence-electron chi connectivity index (χ4n) is 4.77. The Kier molecular flexibility index (Phi) is 5.02. The molecule has 2 bridgehead atoms. The van der Waals surface area contributed by atoms with Crippen molar-refractivity contribution >= 4 is 15.0 Å². The Balaban J connectivity index is 1.56. The molecule has 5 atom stereocenters. The van der Waals surface area contributed by atoms with Gasteiger partial charge >= 0.3 is 142 Å². The van der Waals surface area contributed by atoms with E-state index in [2.05, 4.69) is 51.1 Å². The third kappa shape index (κ3) is 3.03. The quantitative estimate of drug-likeness (QED) is 0.615. The number of fused-ring (bicyclic) bond motifs is 2. The van der Waals surface area contributed by atoms with Gasteiger partial charge in [0.25, 0.3) is 0 Å². The minimum absolute atomic E-state index is 0.270. The molecule has 122 valence electrons. The fraction of sp³-hybridized carbons (Fsp3) is 0.700. The van der Waals surface area contributed by atoms with Gasteiger partial charge in [0.15, 0.2) is 0 Å². The van der Waals surface area contributed by atoms with Crippen molar-refractivity contribution in [1.82, 2.24) is 0 Å². The summed E-state index contributed by atoms with van der Waals surface area (Å²) in [5.41, 5.74) is 1.97. The molecule has 2 unspecified atom stereocenters. The van der Waals surface area contributed by atoms with Crippen LogP contribution in [0.5, 0.6) is 0 Å². The van der Waals surface area contributed by atoms with Gasteiger partial charge in [-0.15, -0.1) is 0 Å². The van der Waals surface area contributed by atoms with Crippen LogP contribution in [0.1, 0.15) is 51.7 Å². The van der Waals surface area contributed by atoms with Crippen LogP contribution in [0.25, 0.3) is 0 Å². The van der Waals surface area contributed by atoms with Crippen LogP contribution in [0.2, 0.25) is 10.1 Å². The van der Waals surface area contributed by atoms with Crippen molar-refractivity contribution in [2.75, 3.05) is 7.11 Å². The molecule has 3 aliphatic rings. The van der Waals surface area contributed by atoms with Crippen molar-refractivity contribution in [3.8, 4) is 0 Å².